The van der Waals surface area contributed by atoms with E-state index in [1.165, 1.54) is 23.1 Å². The summed E-state index contributed by atoms with van der Waals surface area (Å²) in [5.74, 6) is -1.94. The summed E-state index contributed by atoms with van der Waals surface area (Å²) in [4.78, 5) is 28.0. The third kappa shape index (κ3) is 7.81. The van der Waals surface area contributed by atoms with Crippen molar-refractivity contribution in [1.82, 2.24) is 10.2 Å². The zero-order valence-corrected chi connectivity index (χ0v) is 22.6. The van der Waals surface area contributed by atoms with Crippen molar-refractivity contribution in [3.8, 4) is 0 Å². The van der Waals surface area contributed by atoms with Crippen LogP contribution in [0.2, 0.25) is 10.0 Å². The van der Waals surface area contributed by atoms with Crippen molar-refractivity contribution in [2.75, 3.05) is 17.1 Å². The number of anilines is 1. The molecule has 0 aliphatic heterocycles. The molecule has 1 atom stereocenters. The van der Waals surface area contributed by atoms with Crippen LogP contribution < -0.4 is 9.62 Å². The van der Waals surface area contributed by atoms with Gasteiger partial charge in [0.05, 0.1) is 11.9 Å². The number of hydrogen-bond acceptors (Lipinski definition) is 4. The number of hydrogen-bond donors (Lipinski definition) is 1. The number of nitrogens with zero attached hydrogens (tertiary/aromatic N) is 2. The number of benzene rings is 2. The third-order valence-electron chi connectivity index (χ3n) is 5.07. The first-order chi connectivity index (χ1) is 16.2. The van der Waals surface area contributed by atoms with Crippen LogP contribution in [0, 0.1) is 5.82 Å². The lowest BCUT2D eigenvalue weighted by Gasteiger charge is -2.34. The lowest BCUT2D eigenvalue weighted by molar-refractivity contribution is -0.141. The van der Waals surface area contributed by atoms with Crippen molar-refractivity contribution in [2.24, 2.45) is 0 Å². The highest BCUT2D eigenvalue weighted by Crippen LogP contribution is 2.28. The van der Waals surface area contributed by atoms with Gasteiger partial charge in [0, 0.05) is 27.7 Å². The van der Waals surface area contributed by atoms with E-state index < -0.39 is 45.8 Å². The molecule has 35 heavy (non-hydrogen) atoms. The predicted octanol–water partition coefficient (Wildman–Crippen LogP) is 4.62. The fourth-order valence-electron chi connectivity index (χ4n) is 3.47. The largest absolute Gasteiger partial charge is 0.350 e. The maximum atomic E-state index is 14.5. The molecular weight excluding hydrogens is 516 g/mol. The van der Waals surface area contributed by atoms with Gasteiger partial charge in [0.15, 0.2) is 0 Å². The van der Waals surface area contributed by atoms with E-state index >= 15 is 0 Å². The molecule has 11 heteroatoms. The van der Waals surface area contributed by atoms with Crippen LogP contribution in [-0.2, 0) is 26.2 Å². The third-order valence-corrected chi connectivity index (χ3v) is 6.91. The average Bonchev–Trinajstić information content (AvgIpc) is 2.72. The van der Waals surface area contributed by atoms with Gasteiger partial charge in [-0.15, -0.1) is 0 Å². The fourth-order valence-corrected chi connectivity index (χ4v) is 4.84. The second kappa shape index (κ2) is 11.6. The highest BCUT2D eigenvalue weighted by atomic mass is 35.5. The van der Waals surface area contributed by atoms with Gasteiger partial charge in [-0.05, 0) is 51.5 Å². The van der Waals surface area contributed by atoms with Crippen LogP contribution in [0.3, 0.4) is 0 Å². The molecule has 2 rings (SSSR count). The summed E-state index contributed by atoms with van der Waals surface area (Å²) < 4.78 is 40.2. The molecule has 0 saturated heterocycles. The monoisotopic (exact) mass is 545 g/mol. The minimum Gasteiger partial charge on any atom is -0.350 e. The van der Waals surface area contributed by atoms with Crippen LogP contribution >= 0.6 is 23.2 Å². The molecule has 2 amide bonds. The van der Waals surface area contributed by atoms with Gasteiger partial charge in [-0.25, -0.2) is 12.8 Å². The van der Waals surface area contributed by atoms with Crippen LogP contribution in [0.15, 0.2) is 42.5 Å². The molecule has 0 aliphatic rings. The summed E-state index contributed by atoms with van der Waals surface area (Å²) in [5.41, 5.74) is -0.443. The molecule has 192 valence electrons. The topological polar surface area (TPSA) is 86.8 Å². The Labute approximate surface area is 216 Å². The van der Waals surface area contributed by atoms with E-state index in [9.17, 15) is 22.4 Å². The fraction of sp³-hybridized carbons (Fsp3) is 0.417. The number of nitrogens with one attached hydrogen (secondary N) is 1. The number of amides is 2. The molecule has 1 N–H and O–H groups in total. The zero-order valence-electron chi connectivity index (χ0n) is 20.3. The van der Waals surface area contributed by atoms with Crippen LogP contribution in [0.5, 0.6) is 0 Å². The van der Waals surface area contributed by atoms with Gasteiger partial charge in [0.1, 0.15) is 18.4 Å². The first-order valence-electron chi connectivity index (χ1n) is 10.9. The maximum absolute atomic E-state index is 14.5. The Kier molecular flexibility index (Phi) is 9.56. The Morgan fingerprint density at radius 1 is 1.06 bits per heavy atom. The van der Waals surface area contributed by atoms with Gasteiger partial charge in [0.2, 0.25) is 21.8 Å². The minimum atomic E-state index is -4.05. The molecule has 0 radical (unpaired) electrons. The summed E-state index contributed by atoms with van der Waals surface area (Å²) in [6.45, 7) is 6.27. The Morgan fingerprint density at radius 2 is 1.63 bits per heavy atom. The number of halogens is 3. The standard InChI is InChI=1S/C24H30Cl2FN3O4S/c1-6-20(23(32)28-24(2,3)4)29(14-16-17(25)10-9-11-18(16)26)22(31)15-30(35(5,33)34)21-13-8-7-12-19(21)27/h7-13,20H,6,14-15H2,1-5H3,(H,28,32)/t20-/m0/s1. The van der Waals surface area contributed by atoms with E-state index in [2.05, 4.69) is 5.32 Å². The summed E-state index contributed by atoms with van der Waals surface area (Å²) in [7, 11) is -4.05. The van der Waals surface area contributed by atoms with Gasteiger partial charge >= 0.3 is 0 Å². The number of rotatable bonds is 9. The molecular formula is C24H30Cl2FN3O4S. The van der Waals surface area contributed by atoms with Gasteiger partial charge in [0.25, 0.3) is 0 Å². The van der Waals surface area contributed by atoms with Gasteiger partial charge in [-0.2, -0.15) is 0 Å². The van der Waals surface area contributed by atoms with E-state index in [0.717, 1.165) is 12.3 Å². The van der Waals surface area contributed by atoms with Crippen LogP contribution in [-0.4, -0.2) is 49.5 Å². The minimum absolute atomic E-state index is 0.151. The summed E-state index contributed by atoms with van der Waals surface area (Å²) in [6.07, 6.45) is 1.11. The Balaban J connectivity index is 2.54. The molecule has 0 aromatic heterocycles. The maximum Gasteiger partial charge on any atom is 0.244 e. The molecule has 2 aromatic rings. The Hall–Kier alpha value is -2.36. The van der Waals surface area contributed by atoms with Crippen molar-refractivity contribution in [3.63, 3.8) is 0 Å². The summed E-state index contributed by atoms with van der Waals surface area (Å²) in [5, 5.41) is 3.43. The van der Waals surface area contributed by atoms with Gasteiger partial charge in [-0.3, -0.25) is 13.9 Å². The Morgan fingerprint density at radius 3 is 2.11 bits per heavy atom. The first-order valence-corrected chi connectivity index (χ1v) is 13.5. The molecule has 0 spiro atoms. The van der Waals surface area contributed by atoms with Crippen molar-refractivity contribution in [2.45, 2.75) is 52.2 Å². The second-order valence-electron chi connectivity index (χ2n) is 9.11. The van der Waals surface area contributed by atoms with E-state index in [1.807, 2.05) is 0 Å². The van der Waals surface area contributed by atoms with Gasteiger partial charge < -0.3 is 10.2 Å². The molecule has 0 bridgehead atoms. The Bertz CT molecular complexity index is 1170. The van der Waals surface area contributed by atoms with Crippen molar-refractivity contribution < 1.29 is 22.4 Å². The zero-order chi connectivity index (χ0) is 26.6. The van der Waals surface area contributed by atoms with Crippen LogP contribution in [0.1, 0.15) is 39.7 Å². The number of carbonyl (C=O) groups is 2. The summed E-state index contributed by atoms with van der Waals surface area (Å²) >= 11 is 12.7. The van der Waals surface area contributed by atoms with Crippen molar-refractivity contribution in [1.29, 1.82) is 0 Å². The van der Waals surface area contributed by atoms with E-state index in [1.54, 1.807) is 45.9 Å². The first kappa shape index (κ1) is 28.9. The number of carbonyl (C=O) groups excluding carboxylic acids is 2. The highest BCUT2D eigenvalue weighted by molar-refractivity contribution is 7.92. The SMILES string of the molecule is CC[C@@H](C(=O)NC(C)(C)C)N(Cc1c(Cl)cccc1Cl)C(=O)CN(c1ccccc1F)S(C)(=O)=O. The predicted molar refractivity (Wildman–Crippen MR) is 138 cm³/mol. The number of sulfonamides is 1. The van der Waals surface area contributed by atoms with Crippen LogP contribution in [0.4, 0.5) is 10.1 Å². The van der Waals surface area contributed by atoms with Crippen LogP contribution in [0.25, 0.3) is 0 Å². The molecule has 0 unspecified atom stereocenters. The smallest absolute Gasteiger partial charge is 0.244 e. The average molecular weight is 546 g/mol. The normalized spacial score (nSPS) is 12.7. The molecule has 7 nitrogen and oxygen atoms in total. The summed E-state index contributed by atoms with van der Waals surface area (Å²) in [6, 6.07) is 9.13. The van der Waals surface area contributed by atoms with E-state index in [0.29, 0.717) is 9.87 Å². The molecule has 0 heterocycles. The lowest BCUT2D eigenvalue weighted by Crippen LogP contribution is -2.55. The molecule has 0 fully saturated rings. The second-order valence-corrected chi connectivity index (χ2v) is 11.8. The van der Waals surface area contributed by atoms with E-state index in [-0.39, 0.29) is 28.7 Å². The van der Waals surface area contributed by atoms with Crippen molar-refractivity contribution >= 4 is 50.7 Å². The molecule has 0 saturated carbocycles. The molecule has 0 aliphatic carbocycles. The molecule has 2 aromatic carbocycles. The quantitative estimate of drug-likeness (QED) is 0.498. The van der Waals surface area contributed by atoms with Crippen molar-refractivity contribution in [3.05, 3.63) is 63.9 Å². The van der Waals surface area contributed by atoms with E-state index in [4.69, 9.17) is 23.2 Å². The number of para-hydroxylation sites is 1. The van der Waals surface area contributed by atoms with Gasteiger partial charge in [-0.1, -0.05) is 48.3 Å². The lowest BCUT2D eigenvalue weighted by atomic mass is 10.1. The highest BCUT2D eigenvalue weighted by Gasteiger charge is 2.34.